The van der Waals surface area contributed by atoms with Crippen molar-refractivity contribution in [3.05, 3.63) is 62.1 Å². The molecule has 2 rings (SSSR count). The van der Waals surface area contributed by atoms with Crippen LogP contribution >= 0.6 is 46.4 Å². The zero-order valence-corrected chi connectivity index (χ0v) is 23.4. The highest BCUT2D eigenvalue weighted by Gasteiger charge is 2.32. The number of nitrogens with zero attached hydrogens (tertiary/aromatic N) is 2. The first-order valence-electron chi connectivity index (χ1n) is 10.8. The van der Waals surface area contributed by atoms with E-state index < -0.39 is 28.5 Å². The van der Waals surface area contributed by atoms with Gasteiger partial charge in [-0.15, -0.1) is 0 Å². The monoisotopic (exact) mass is 581 g/mol. The molecule has 0 aliphatic carbocycles. The quantitative estimate of drug-likeness (QED) is 0.384. The third-order valence-electron chi connectivity index (χ3n) is 5.15. The molecule has 192 valence electrons. The standard InChI is InChI=1S/C23H27Cl4N3O4S/c1-4-11-28-23(32)19(5-2)29(13-15-9-10-16(24)18(26)12-15)21(31)14-30(35(3,33)34)20-8-6-7-17(25)22(20)27/h6-10,12,19H,4-5,11,13-14H2,1-3H3,(H,28,32)/t19-/m0/s1. The summed E-state index contributed by atoms with van der Waals surface area (Å²) >= 11 is 24.5. The van der Waals surface area contributed by atoms with Gasteiger partial charge < -0.3 is 10.2 Å². The number of carbonyl (C=O) groups excluding carboxylic acids is 2. The topological polar surface area (TPSA) is 86.8 Å². The van der Waals surface area contributed by atoms with Crippen molar-refractivity contribution in [1.29, 1.82) is 0 Å². The molecule has 0 saturated carbocycles. The third kappa shape index (κ3) is 7.89. The van der Waals surface area contributed by atoms with Crippen molar-refractivity contribution in [2.45, 2.75) is 39.3 Å². The predicted molar refractivity (Wildman–Crippen MR) is 143 cm³/mol. The van der Waals surface area contributed by atoms with E-state index in [1.165, 1.54) is 23.1 Å². The fourth-order valence-corrected chi connectivity index (χ4v) is 5.02. The highest BCUT2D eigenvalue weighted by molar-refractivity contribution is 7.92. The summed E-state index contributed by atoms with van der Waals surface area (Å²) in [6.45, 7) is 3.55. The normalized spacial score (nSPS) is 12.2. The maximum Gasteiger partial charge on any atom is 0.244 e. The van der Waals surface area contributed by atoms with Gasteiger partial charge in [-0.3, -0.25) is 13.9 Å². The molecule has 0 aromatic heterocycles. The molecule has 0 unspecified atom stereocenters. The molecule has 0 heterocycles. The lowest BCUT2D eigenvalue weighted by Gasteiger charge is -2.33. The smallest absolute Gasteiger partial charge is 0.244 e. The zero-order chi connectivity index (χ0) is 26.3. The van der Waals surface area contributed by atoms with Crippen molar-refractivity contribution in [2.24, 2.45) is 0 Å². The molecule has 12 heteroatoms. The molecule has 1 N–H and O–H groups in total. The number of anilines is 1. The minimum atomic E-state index is -3.93. The number of amides is 2. The van der Waals surface area contributed by atoms with Crippen molar-refractivity contribution >= 4 is 73.9 Å². The second kappa shape index (κ2) is 13.0. The van der Waals surface area contributed by atoms with Crippen molar-refractivity contribution in [3.63, 3.8) is 0 Å². The molecular formula is C23H27Cl4N3O4S. The first-order valence-corrected chi connectivity index (χ1v) is 14.2. The number of halogens is 4. The minimum absolute atomic E-state index is 0.00356. The van der Waals surface area contributed by atoms with E-state index in [0.717, 1.165) is 17.0 Å². The molecule has 2 aromatic rings. The average Bonchev–Trinajstić information content (AvgIpc) is 2.79. The van der Waals surface area contributed by atoms with Crippen LogP contribution in [0.25, 0.3) is 0 Å². The fourth-order valence-electron chi connectivity index (χ4n) is 3.40. The molecule has 0 radical (unpaired) electrons. The Bertz CT molecular complexity index is 1180. The summed E-state index contributed by atoms with van der Waals surface area (Å²) in [4.78, 5) is 27.9. The van der Waals surface area contributed by atoms with Crippen molar-refractivity contribution in [2.75, 3.05) is 23.7 Å². The number of nitrogens with one attached hydrogen (secondary N) is 1. The van der Waals surface area contributed by atoms with Gasteiger partial charge in [-0.25, -0.2) is 8.42 Å². The van der Waals surface area contributed by atoms with Crippen molar-refractivity contribution < 1.29 is 18.0 Å². The number of sulfonamides is 1. The molecule has 0 saturated heterocycles. The second-order valence-electron chi connectivity index (χ2n) is 7.83. The van der Waals surface area contributed by atoms with E-state index in [2.05, 4.69) is 5.32 Å². The van der Waals surface area contributed by atoms with Gasteiger partial charge >= 0.3 is 0 Å². The largest absolute Gasteiger partial charge is 0.354 e. The molecule has 1 atom stereocenters. The highest BCUT2D eigenvalue weighted by Crippen LogP contribution is 2.34. The SMILES string of the molecule is CCCNC(=O)[C@H](CC)N(Cc1ccc(Cl)c(Cl)c1)C(=O)CN(c1cccc(Cl)c1Cl)S(C)(=O)=O. The Balaban J connectivity index is 2.49. The van der Waals surface area contributed by atoms with E-state index in [-0.39, 0.29) is 28.2 Å². The van der Waals surface area contributed by atoms with E-state index in [9.17, 15) is 18.0 Å². The van der Waals surface area contributed by atoms with Gasteiger partial charge in [0.25, 0.3) is 0 Å². The summed E-state index contributed by atoms with van der Waals surface area (Å²) in [6.07, 6.45) is 1.99. The predicted octanol–water partition coefficient (Wildman–Crippen LogP) is 5.40. The lowest BCUT2D eigenvalue weighted by Crippen LogP contribution is -2.52. The van der Waals surface area contributed by atoms with Crippen LogP contribution in [0.2, 0.25) is 20.1 Å². The minimum Gasteiger partial charge on any atom is -0.354 e. The van der Waals surface area contributed by atoms with Crippen LogP contribution in [-0.2, 0) is 26.2 Å². The van der Waals surface area contributed by atoms with Crippen LogP contribution in [0, 0.1) is 0 Å². The second-order valence-corrected chi connectivity index (χ2v) is 11.3. The van der Waals surface area contributed by atoms with Crippen LogP contribution in [0.4, 0.5) is 5.69 Å². The lowest BCUT2D eigenvalue weighted by atomic mass is 10.1. The van der Waals surface area contributed by atoms with Crippen LogP contribution in [0.1, 0.15) is 32.3 Å². The molecule has 35 heavy (non-hydrogen) atoms. The lowest BCUT2D eigenvalue weighted by molar-refractivity contribution is -0.140. The van der Waals surface area contributed by atoms with Gasteiger partial charge in [0.05, 0.1) is 32.0 Å². The first kappa shape index (κ1) is 29.5. The first-order chi connectivity index (χ1) is 16.4. The Morgan fingerprint density at radius 1 is 1.00 bits per heavy atom. The van der Waals surface area contributed by atoms with E-state index in [4.69, 9.17) is 46.4 Å². The molecule has 0 spiro atoms. The van der Waals surface area contributed by atoms with E-state index in [1.54, 1.807) is 25.1 Å². The molecule has 2 aromatic carbocycles. The van der Waals surface area contributed by atoms with E-state index >= 15 is 0 Å². The number of hydrogen-bond donors (Lipinski definition) is 1. The Kier molecular flexibility index (Phi) is 11.0. The third-order valence-corrected chi connectivity index (χ3v) is 7.83. The van der Waals surface area contributed by atoms with E-state index in [1.807, 2.05) is 6.92 Å². The fraction of sp³-hybridized carbons (Fsp3) is 0.391. The summed E-state index contributed by atoms with van der Waals surface area (Å²) in [5.41, 5.74) is 0.689. The van der Waals surface area contributed by atoms with Crippen LogP contribution in [-0.4, -0.2) is 50.5 Å². The highest BCUT2D eigenvalue weighted by atomic mass is 35.5. The van der Waals surface area contributed by atoms with Gasteiger partial charge in [-0.05, 0) is 42.7 Å². The molecule has 2 amide bonds. The van der Waals surface area contributed by atoms with Crippen LogP contribution in [0.3, 0.4) is 0 Å². The summed E-state index contributed by atoms with van der Waals surface area (Å²) in [5, 5.41) is 3.59. The Morgan fingerprint density at radius 2 is 1.69 bits per heavy atom. The summed E-state index contributed by atoms with van der Waals surface area (Å²) in [7, 11) is -3.93. The number of rotatable bonds is 11. The van der Waals surface area contributed by atoms with E-state index in [0.29, 0.717) is 28.6 Å². The summed E-state index contributed by atoms with van der Waals surface area (Å²) < 4.78 is 26.2. The van der Waals surface area contributed by atoms with Crippen molar-refractivity contribution in [3.8, 4) is 0 Å². The van der Waals surface area contributed by atoms with Crippen molar-refractivity contribution in [1.82, 2.24) is 10.2 Å². The van der Waals surface area contributed by atoms with Gasteiger partial charge in [-0.1, -0.05) is 72.4 Å². The molecule has 0 fully saturated rings. The van der Waals surface area contributed by atoms with Gasteiger partial charge in [0.15, 0.2) is 0 Å². The molecular weight excluding hydrogens is 556 g/mol. The molecule has 0 aliphatic heterocycles. The number of hydrogen-bond acceptors (Lipinski definition) is 4. The van der Waals surface area contributed by atoms with Crippen LogP contribution in [0.5, 0.6) is 0 Å². The maximum absolute atomic E-state index is 13.6. The summed E-state index contributed by atoms with van der Waals surface area (Å²) in [5.74, 6) is -0.939. The van der Waals surface area contributed by atoms with Gasteiger partial charge in [0.2, 0.25) is 21.8 Å². The van der Waals surface area contributed by atoms with Gasteiger partial charge in [-0.2, -0.15) is 0 Å². The number of benzene rings is 2. The summed E-state index contributed by atoms with van der Waals surface area (Å²) in [6, 6.07) is 8.53. The molecule has 0 bridgehead atoms. The van der Waals surface area contributed by atoms with Gasteiger partial charge in [0.1, 0.15) is 12.6 Å². The zero-order valence-electron chi connectivity index (χ0n) is 19.5. The molecule has 7 nitrogen and oxygen atoms in total. The Morgan fingerprint density at radius 3 is 2.26 bits per heavy atom. The Labute approximate surface area is 226 Å². The van der Waals surface area contributed by atoms with Gasteiger partial charge in [0, 0.05) is 13.1 Å². The Hall–Kier alpha value is -1.71. The maximum atomic E-state index is 13.6. The average molecular weight is 583 g/mol. The van der Waals surface area contributed by atoms with Crippen LogP contribution < -0.4 is 9.62 Å². The number of carbonyl (C=O) groups is 2. The van der Waals surface area contributed by atoms with Crippen LogP contribution in [0.15, 0.2) is 36.4 Å². The molecule has 0 aliphatic rings.